The van der Waals surface area contributed by atoms with Crippen LogP contribution in [0.15, 0.2) is 30.9 Å². The first-order chi connectivity index (χ1) is 19.6. The van der Waals surface area contributed by atoms with Gasteiger partial charge in [0, 0.05) is 29.8 Å². The van der Waals surface area contributed by atoms with Crippen molar-refractivity contribution in [2.24, 2.45) is 5.41 Å². The van der Waals surface area contributed by atoms with Gasteiger partial charge >= 0.3 is 6.18 Å². The predicted octanol–water partition coefficient (Wildman–Crippen LogP) is 6.72. The van der Waals surface area contributed by atoms with Gasteiger partial charge in [0.1, 0.15) is 11.9 Å². The summed E-state index contributed by atoms with van der Waals surface area (Å²) in [5, 5.41) is 3.59. The highest BCUT2D eigenvalue weighted by atomic mass is 19.4. The van der Waals surface area contributed by atoms with Crippen molar-refractivity contribution in [2.45, 2.75) is 88.8 Å². The van der Waals surface area contributed by atoms with E-state index in [1.807, 2.05) is 13.8 Å². The summed E-state index contributed by atoms with van der Waals surface area (Å²) < 4.78 is 50.8. The molecule has 0 unspecified atom stereocenters. The van der Waals surface area contributed by atoms with E-state index < -0.39 is 11.7 Å². The second kappa shape index (κ2) is 10.4. The van der Waals surface area contributed by atoms with E-state index in [1.165, 1.54) is 12.4 Å². The van der Waals surface area contributed by atoms with Gasteiger partial charge < -0.3 is 14.8 Å². The first kappa shape index (κ1) is 27.7. The molecule has 3 heterocycles. The number of methoxy groups -OCH3 is 1. The molecule has 41 heavy (non-hydrogen) atoms. The van der Waals surface area contributed by atoms with Crippen molar-refractivity contribution in [2.75, 3.05) is 19.0 Å². The molecule has 4 fully saturated rings. The number of nitrogens with zero attached hydrogens (tertiary/aromatic N) is 5. The number of nitrogens with one attached hydrogen (secondary N) is 1. The molecule has 0 saturated heterocycles. The smallest absolute Gasteiger partial charge is 0.417 e. The van der Waals surface area contributed by atoms with E-state index in [-0.39, 0.29) is 16.9 Å². The Kier molecular flexibility index (Phi) is 7.02. The number of hydrogen-bond acceptors (Lipinski definition) is 8. The van der Waals surface area contributed by atoms with Crippen LogP contribution in [0.5, 0.6) is 11.6 Å². The lowest BCUT2D eigenvalue weighted by atomic mass is 9.52. The third-order valence-corrected chi connectivity index (χ3v) is 9.01. The van der Waals surface area contributed by atoms with E-state index in [9.17, 15) is 13.2 Å². The van der Waals surface area contributed by atoms with Crippen molar-refractivity contribution in [3.05, 3.63) is 47.8 Å². The number of hydrogen-bond donors (Lipinski definition) is 1. The van der Waals surface area contributed by atoms with Crippen LogP contribution < -0.4 is 14.8 Å². The molecular formula is C30H35F3N6O2. The van der Waals surface area contributed by atoms with Gasteiger partial charge in [0.25, 0.3) is 0 Å². The standard InChI is InChI=1S/C30H35F3N6O2/c1-18(2)41-21-15-35-26(23-24(19-4-5-19)37-17-38-27(23)40-3)39-25(21)36-16-28-8-11-29(12-9-28,13-10-28)22-7-6-20(14-34-22)30(31,32)33/h6-7,14-15,17-19H,4-5,8-13,16H2,1-3H3,(H,35,36,39). The van der Waals surface area contributed by atoms with Crippen LogP contribution in [0, 0.1) is 5.41 Å². The van der Waals surface area contributed by atoms with Gasteiger partial charge in [-0.2, -0.15) is 13.2 Å². The molecule has 3 aromatic heterocycles. The van der Waals surface area contributed by atoms with E-state index in [0.717, 1.165) is 74.5 Å². The molecule has 0 atom stereocenters. The molecule has 218 valence electrons. The zero-order valence-corrected chi connectivity index (χ0v) is 23.6. The molecule has 8 nitrogen and oxygen atoms in total. The average Bonchev–Trinajstić information content (AvgIpc) is 3.82. The molecule has 2 bridgehead atoms. The van der Waals surface area contributed by atoms with Gasteiger partial charge in [0.15, 0.2) is 17.4 Å². The predicted molar refractivity (Wildman–Crippen MR) is 147 cm³/mol. The van der Waals surface area contributed by atoms with E-state index >= 15 is 0 Å². The molecule has 0 radical (unpaired) electrons. The Balaban J connectivity index is 1.22. The van der Waals surface area contributed by atoms with Crippen molar-refractivity contribution in [1.29, 1.82) is 0 Å². The molecule has 0 spiro atoms. The fraction of sp³-hybridized carbons (Fsp3) is 0.567. The topological polar surface area (TPSA) is 94.9 Å². The molecule has 0 aromatic carbocycles. The zero-order valence-electron chi connectivity index (χ0n) is 23.6. The number of halogens is 3. The van der Waals surface area contributed by atoms with Gasteiger partial charge in [-0.15, -0.1) is 0 Å². The SMILES string of the molecule is COc1ncnc(C2CC2)c1-c1ncc(OC(C)C)c(NCC23CCC(c4ccc(C(F)(F)F)cn4)(CC2)CC3)n1. The van der Waals surface area contributed by atoms with E-state index in [0.29, 0.717) is 35.7 Å². The minimum Gasteiger partial charge on any atom is -0.486 e. The first-order valence-electron chi connectivity index (χ1n) is 14.3. The van der Waals surface area contributed by atoms with Crippen molar-refractivity contribution in [1.82, 2.24) is 24.9 Å². The maximum Gasteiger partial charge on any atom is 0.417 e. The maximum absolute atomic E-state index is 13.1. The summed E-state index contributed by atoms with van der Waals surface area (Å²) in [4.78, 5) is 22.7. The average molecular weight is 569 g/mol. The summed E-state index contributed by atoms with van der Waals surface area (Å²) in [5.41, 5.74) is 1.63. The van der Waals surface area contributed by atoms with Crippen LogP contribution in [0.4, 0.5) is 19.0 Å². The lowest BCUT2D eigenvalue weighted by molar-refractivity contribution is -0.137. The summed E-state index contributed by atoms with van der Waals surface area (Å²) in [7, 11) is 1.59. The van der Waals surface area contributed by atoms with Crippen LogP contribution in [0.25, 0.3) is 11.4 Å². The van der Waals surface area contributed by atoms with Gasteiger partial charge in [-0.1, -0.05) is 0 Å². The Labute approximate surface area is 237 Å². The fourth-order valence-electron chi connectivity index (χ4n) is 6.43. The maximum atomic E-state index is 13.1. The molecule has 0 aliphatic heterocycles. The second-order valence-electron chi connectivity index (χ2n) is 12.1. The Morgan fingerprint density at radius 2 is 1.71 bits per heavy atom. The molecule has 4 aliphatic carbocycles. The molecule has 11 heteroatoms. The normalized spacial score (nSPS) is 24.0. The number of alkyl halides is 3. The number of aromatic nitrogens is 5. The zero-order chi connectivity index (χ0) is 28.8. The van der Waals surface area contributed by atoms with Crippen molar-refractivity contribution in [3.63, 3.8) is 0 Å². The highest BCUT2D eigenvalue weighted by Gasteiger charge is 2.50. The number of anilines is 1. The van der Waals surface area contributed by atoms with Crippen LogP contribution in [0.1, 0.15) is 88.1 Å². The number of ether oxygens (including phenoxy) is 2. The van der Waals surface area contributed by atoms with E-state index in [1.54, 1.807) is 19.4 Å². The summed E-state index contributed by atoms with van der Waals surface area (Å²) in [6.45, 7) is 4.64. The van der Waals surface area contributed by atoms with Gasteiger partial charge in [-0.25, -0.2) is 19.9 Å². The molecule has 4 aliphatic rings. The van der Waals surface area contributed by atoms with E-state index in [4.69, 9.17) is 14.5 Å². The highest BCUT2D eigenvalue weighted by molar-refractivity contribution is 5.68. The summed E-state index contributed by atoms with van der Waals surface area (Å²) in [5.74, 6) is 2.52. The summed E-state index contributed by atoms with van der Waals surface area (Å²) >= 11 is 0. The molecule has 1 N–H and O–H groups in total. The largest absolute Gasteiger partial charge is 0.486 e. The molecule has 7 rings (SSSR count). The van der Waals surface area contributed by atoms with Gasteiger partial charge in [0.2, 0.25) is 5.88 Å². The quantitative estimate of drug-likeness (QED) is 0.304. The molecule has 0 amide bonds. The molecule has 4 saturated carbocycles. The van der Waals surface area contributed by atoms with Gasteiger partial charge in [-0.3, -0.25) is 4.98 Å². The monoisotopic (exact) mass is 568 g/mol. The Hall–Kier alpha value is -3.50. The van der Waals surface area contributed by atoms with Crippen molar-refractivity contribution < 1.29 is 22.6 Å². The third kappa shape index (κ3) is 5.42. The Morgan fingerprint density at radius 3 is 2.29 bits per heavy atom. The van der Waals surface area contributed by atoms with Gasteiger partial charge in [-0.05, 0) is 82.8 Å². The van der Waals surface area contributed by atoms with Crippen LogP contribution in [-0.4, -0.2) is 44.7 Å². The Morgan fingerprint density at radius 1 is 0.976 bits per heavy atom. The third-order valence-electron chi connectivity index (χ3n) is 9.01. The summed E-state index contributed by atoms with van der Waals surface area (Å²) in [6.07, 6.45) is 7.52. The molecule has 3 aromatic rings. The first-order valence-corrected chi connectivity index (χ1v) is 14.3. The number of rotatable bonds is 9. The van der Waals surface area contributed by atoms with Crippen molar-refractivity contribution in [3.8, 4) is 23.0 Å². The van der Waals surface area contributed by atoms with Crippen molar-refractivity contribution >= 4 is 5.82 Å². The Bertz CT molecular complexity index is 1380. The van der Waals surface area contributed by atoms with E-state index in [2.05, 4.69) is 25.3 Å². The lowest BCUT2D eigenvalue weighted by Gasteiger charge is -2.53. The van der Waals surface area contributed by atoms with Crippen LogP contribution in [0.3, 0.4) is 0 Å². The minimum absolute atomic E-state index is 0.0546. The summed E-state index contributed by atoms with van der Waals surface area (Å²) in [6, 6.07) is 2.74. The lowest BCUT2D eigenvalue weighted by Crippen LogP contribution is -2.47. The second-order valence-corrected chi connectivity index (χ2v) is 12.1. The minimum atomic E-state index is -4.37. The van der Waals surface area contributed by atoms with Crippen LogP contribution >= 0.6 is 0 Å². The van der Waals surface area contributed by atoms with Gasteiger partial charge in [0.05, 0.1) is 30.7 Å². The molecular weight excluding hydrogens is 533 g/mol. The number of pyridine rings is 1. The highest BCUT2D eigenvalue weighted by Crippen LogP contribution is 2.57. The fourth-order valence-corrected chi connectivity index (χ4v) is 6.43. The number of fused-ring (bicyclic) bond motifs is 3. The van der Waals surface area contributed by atoms with Crippen LogP contribution in [-0.2, 0) is 11.6 Å². The van der Waals surface area contributed by atoms with Crippen LogP contribution in [0.2, 0.25) is 0 Å².